The van der Waals surface area contributed by atoms with Crippen molar-refractivity contribution in [2.45, 2.75) is 45.6 Å². The predicted molar refractivity (Wildman–Crippen MR) is 75.4 cm³/mol. The maximum Gasteiger partial charge on any atom is 0.267 e. The fraction of sp³-hybridized carbons (Fsp3) is 0.615. The number of hydrogen-bond acceptors (Lipinski definition) is 5. The van der Waals surface area contributed by atoms with E-state index in [1.807, 2.05) is 12.3 Å². The molecule has 2 heterocycles. The van der Waals surface area contributed by atoms with Crippen LogP contribution in [0.4, 0.5) is 0 Å². The fourth-order valence-corrected chi connectivity index (χ4v) is 2.75. The number of nitrogens with one attached hydrogen (secondary N) is 1. The van der Waals surface area contributed by atoms with E-state index >= 15 is 0 Å². The topological polar surface area (TPSA) is 63.6 Å². The van der Waals surface area contributed by atoms with E-state index in [9.17, 15) is 4.79 Å². The zero-order chi connectivity index (χ0) is 13.9. The number of aryl methyl sites for hydroxylation is 1. The van der Waals surface area contributed by atoms with Crippen LogP contribution in [0.5, 0.6) is 0 Å². The molecule has 6 heteroatoms. The summed E-state index contributed by atoms with van der Waals surface area (Å²) in [4.78, 5) is 21.7. The summed E-state index contributed by atoms with van der Waals surface area (Å²) in [6, 6.07) is 0. The van der Waals surface area contributed by atoms with Gasteiger partial charge in [-0.15, -0.1) is 11.3 Å². The van der Waals surface area contributed by atoms with Crippen molar-refractivity contribution in [2.24, 2.45) is 5.16 Å². The number of nitrogens with zero attached hydrogens (tertiary/aromatic N) is 2. The molecule has 1 N–H and O–H groups in total. The third-order valence-electron chi connectivity index (χ3n) is 3.04. The largest absolute Gasteiger partial charge is 0.379 e. The molecule has 0 radical (unpaired) electrons. The van der Waals surface area contributed by atoms with Gasteiger partial charge in [0.2, 0.25) is 5.60 Å². The summed E-state index contributed by atoms with van der Waals surface area (Å²) in [7, 11) is 0. The summed E-state index contributed by atoms with van der Waals surface area (Å²) in [5.41, 5.74) is 1.04. The highest BCUT2D eigenvalue weighted by Crippen LogP contribution is 2.23. The van der Waals surface area contributed by atoms with Crippen LogP contribution in [0.1, 0.15) is 37.9 Å². The molecule has 1 unspecified atom stereocenters. The van der Waals surface area contributed by atoms with E-state index in [0.29, 0.717) is 13.0 Å². The van der Waals surface area contributed by atoms with Crippen molar-refractivity contribution in [1.29, 1.82) is 0 Å². The highest BCUT2D eigenvalue weighted by molar-refractivity contribution is 7.09. The molecule has 5 nitrogen and oxygen atoms in total. The minimum atomic E-state index is -0.846. The van der Waals surface area contributed by atoms with E-state index in [0.717, 1.165) is 29.3 Å². The molecule has 0 spiro atoms. The Kier molecular flexibility index (Phi) is 4.19. The molecule has 1 atom stereocenters. The molecule has 1 aromatic heterocycles. The summed E-state index contributed by atoms with van der Waals surface area (Å²) < 4.78 is 0. The van der Waals surface area contributed by atoms with Gasteiger partial charge in [0.05, 0.1) is 16.4 Å². The lowest BCUT2D eigenvalue weighted by Crippen LogP contribution is -2.45. The molecule has 0 saturated carbocycles. The lowest BCUT2D eigenvalue weighted by atomic mass is 9.99. The predicted octanol–water partition coefficient (Wildman–Crippen LogP) is 1.92. The number of amides is 1. The minimum Gasteiger partial charge on any atom is -0.379 e. The normalized spacial score (nSPS) is 21.9. The molecule has 1 amide bonds. The van der Waals surface area contributed by atoms with Crippen molar-refractivity contribution < 1.29 is 9.63 Å². The van der Waals surface area contributed by atoms with Crippen LogP contribution in [0.25, 0.3) is 0 Å². The molecule has 19 heavy (non-hydrogen) atoms. The van der Waals surface area contributed by atoms with Crippen molar-refractivity contribution in [2.75, 3.05) is 6.54 Å². The second-order valence-electron chi connectivity index (χ2n) is 4.92. The summed E-state index contributed by atoms with van der Waals surface area (Å²) in [5.74, 6) is -0.112. The van der Waals surface area contributed by atoms with Gasteiger partial charge in [-0.1, -0.05) is 12.1 Å². The fourth-order valence-electron chi connectivity index (χ4n) is 1.97. The van der Waals surface area contributed by atoms with Crippen molar-refractivity contribution in [3.05, 3.63) is 16.1 Å². The van der Waals surface area contributed by atoms with Crippen molar-refractivity contribution in [1.82, 2.24) is 10.3 Å². The Bertz CT molecular complexity index is 498. The number of carbonyl (C=O) groups excluding carboxylic acids is 1. The number of oxime groups is 1. The maximum absolute atomic E-state index is 12.0. The second-order valence-corrected chi connectivity index (χ2v) is 5.86. The molecule has 1 aliphatic rings. The Balaban J connectivity index is 1.78. The van der Waals surface area contributed by atoms with Gasteiger partial charge in [-0.05, 0) is 20.3 Å². The first-order valence-electron chi connectivity index (χ1n) is 6.47. The van der Waals surface area contributed by atoms with Gasteiger partial charge in [0.15, 0.2) is 0 Å². The number of rotatable bonds is 5. The average molecular weight is 281 g/mol. The summed E-state index contributed by atoms with van der Waals surface area (Å²) >= 11 is 1.67. The quantitative estimate of drug-likeness (QED) is 0.897. The van der Waals surface area contributed by atoms with Crippen molar-refractivity contribution in [3.8, 4) is 0 Å². The average Bonchev–Trinajstić information content (AvgIpc) is 2.97. The van der Waals surface area contributed by atoms with Gasteiger partial charge in [-0.25, -0.2) is 4.98 Å². The standard InChI is InChI=1S/C13H19N3O2S/c1-4-11-15-10(8-19-11)5-6-14-12(17)13(3)7-9(2)16-18-13/h8H,4-7H2,1-3H3,(H,14,17). The number of aromatic nitrogens is 1. The zero-order valence-electron chi connectivity index (χ0n) is 11.5. The Morgan fingerprint density at radius 2 is 2.42 bits per heavy atom. The molecule has 0 aliphatic carbocycles. The molecule has 0 bridgehead atoms. The molecule has 1 aromatic rings. The monoisotopic (exact) mass is 281 g/mol. The van der Waals surface area contributed by atoms with Gasteiger partial charge >= 0.3 is 0 Å². The summed E-state index contributed by atoms with van der Waals surface area (Å²) in [6.07, 6.45) is 2.26. The second kappa shape index (κ2) is 5.69. The first kappa shape index (κ1) is 14.0. The van der Waals surface area contributed by atoms with Crippen LogP contribution in [0.15, 0.2) is 10.5 Å². The highest BCUT2D eigenvalue weighted by Gasteiger charge is 2.40. The number of carbonyl (C=O) groups is 1. The van der Waals surface area contributed by atoms with Crippen LogP contribution in [0, 0.1) is 0 Å². The Labute approximate surface area is 117 Å². The van der Waals surface area contributed by atoms with Crippen LogP contribution in [-0.2, 0) is 22.5 Å². The lowest BCUT2D eigenvalue weighted by molar-refractivity contribution is -0.141. The molecule has 2 rings (SSSR count). The Morgan fingerprint density at radius 3 is 3.00 bits per heavy atom. The summed E-state index contributed by atoms with van der Waals surface area (Å²) in [6.45, 7) is 6.29. The molecule has 0 saturated heterocycles. The highest BCUT2D eigenvalue weighted by atomic mass is 32.1. The van der Waals surface area contributed by atoms with Crippen LogP contribution < -0.4 is 5.32 Å². The third-order valence-corrected chi connectivity index (χ3v) is 4.09. The van der Waals surface area contributed by atoms with Crippen molar-refractivity contribution >= 4 is 23.0 Å². The summed E-state index contributed by atoms with van der Waals surface area (Å²) in [5, 5.41) is 9.91. The van der Waals surface area contributed by atoms with Crippen LogP contribution in [0.3, 0.4) is 0 Å². The lowest BCUT2D eigenvalue weighted by Gasteiger charge is -2.20. The van der Waals surface area contributed by atoms with Gasteiger partial charge in [0, 0.05) is 24.8 Å². The number of thiazole rings is 1. The van der Waals surface area contributed by atoms with E-state index in [2.05, 4.69) is 22.4 Å². The SMILES string of the molecule is CCc1nc(CCNC(=O)C2(C)CC(C)=NO2)cs1. The van der Waals surface area contributed by atoms with Gasteiger partial charge in [0.1, 0.15) is 0 Å². The Morgan fingerprint density at radius 1 is 1.63 bits per heavy atom. The van der Waals surface area contributed by atoms with E-state index in [4.69, 9.17) is 4.84 Å². The van der Waals surface area contributed by atoms with Crippen LogP contribution >= 0.6 is 11.3 Å². The van der Waals surface area contributed by atoms with Gasteiger partial charge < -0.3 is 10.2 Å². The maximum atomic E-state index is 12.0. The first-order valence-corrected chi connectivity index (χ1v) is 7.34. The molecule has 0 aromatic carbocycles. The van der Waals surface area contributed by atoms with Crippen LogP contribution in [0.2, 0.25) is 0 Å². The van der Waals surface area contributed by atoms with E-state index < -0.39 is 5.60 Å². The molecular weight excluding hydrogens is 262 g/mol. The first-order chi connectivity index (χ1) is 9.03. The Hall–Kier alpha value is -1.43. The number of hydrogen-bond donors (Lipinski definition) is 1. The third kappa shape index (κ3) is 3.32. The molecule has 1 aliphatic heterocycles. The van der Waals surface area contributed by atoms with E-state index in [1.165, 1.54) is 0 Å². The van der Waals surface area contributed by atoms with E-state index in [1.54, 1.807) is 18.3 Å². The van der Waals surface area contributed by atoms with Gasteiger partial charge in [0.25, 0.3) is 5.91 Å². The zero-order valence-corrected chi connectivity index (χ0v) is 12.3. The van der Waals surface area contributed by atoms with Crippen LogP contribution in [-0.4, -0.2) is 28.7 Å². The minimum absolute atomic E-state index is 0.112. The molecule has 0 fully saturated rings. The van der Waals surface area contributed by atoms with E-state index in [-0.39, 0.29) is 5.91 Å². The van der Waals surface area contributed by atoms with Gasteiger partial charge in [-0.2, -0.15) is 0 Å². The van der Waals surface area contributed by atoms with Gasteiger partial charge in [-0.3, -0.25) is 4.79 Å². The smallest absolute Gasteiger partial charge is 0.267 e. The molecule has 104 valence electrons. The van der Waals surface area contributed by atoms with Crippen molar-refractivity contribution in [3.63, 3.8) is 0 Å². The molecular formula is C13H19N3O2S.